The van der Waals surface area contributed by atoms with E-state index >= 15 is 0 Å². The van der Waals surface area contributed by atoms with Crippen molar-refractivity contribution in [2.24, 2.45) is 0 Å². The minimum absolute atomic E-state index is 0.00292. The van der Waals surface area contributed by atoms with E-state index in [9.17, 15) is 14.7 Å². The Kier molecular flexibility index (Phi) is 4.11. The number of carbonyl (C=O) groups is 2. The van der Waals surface area contributed by atoms with Crippen LogP contribution in [0.2, 0.25) is 0 Å². The highest BCUT2D eigenvalue weighted by atomic mass is 16.3. The number of rotatable bonds is 4. The molecule has 0 aliphatic carbocycles. The molecule has 0 fully saturated rings. The summed E-state index contributed by atoms with van der Waals surface area (Å²) < 4.78 is 0. The van der Waals surface area contributed by atoms with Crippen LogP contribution in [-0.4, -0.2) is 16.7 Å². The number of benzene rings is 2. The Hall–Kier alpha value is -2.26. The summed E-state index contributed by atoms with van der Waals surface area (Å²) in [5.41, 5.74) is 2.66. The first-order chi connectivity index (χ1) is 9.49. The first-order valence-corrected chi connectivity index (χ1v) is 6.39. The first kappa shape index (κ1) is 14.2. The third kappa shape index (κ3) is 3.00. The summed E-state index contributed by atoms with van der Waals surface area (Å²) in [5, 5.41) is 10.3. The average molecular weight is 268 g/mol. The van der Waals surface area contributed by atoms with Gasteiger partial charge >= 0.3 is 0 Å². The molecular weight excluding hydrogens is 252 g/mol. The van der Waals surface area contributed by atoms with Crippen molar-refractivity contribution in [2.75, 3.05) is 0 Å². The van der Waals surface area contributed by atoms with Crippen LogP contribution < -0.4 is 0 Å². The smallest absolute Gasteiger partial charge is 0.159 e. The Labute approximate surface area is 117 Å². The number of hydrogen-bond donors (Lipinski definition) is 1. The van der Waals surface area contributed by atoms with E-state index in [1.165, 1.54) is 13.8 Å². The molecule has 3 heteroatoms. The van der Waals surface area contributed by atoms with E-state index in [0.717, 1.165) is 0 Å². The molecule has 3 nitrogen and oxygen atoms in total. The maximum absolute atomic E-state index is 11.2. The fraction of sp³-hybridized carbons (Fsp3) is 0.176. The molecule has 2 aromatic rings. The molecule has 0 spiro atoms. The lowest BCUT2D eigenvalue weighted by Crippen LogP contribution is -2.01. The van der Waals surface area contributed by atoms with Crippen LogP contribution in [0.4, 0.5) is 0 Å². The molecule has 2 rings (SSSR count). The quantitative estimate of drug-likeness (QED) is 0.866. The monoisotopic (exact) mass is 268 g/mol. The van der Waals surface area contributed by atoms with Gasteiger partial charge in [-0.3, -0.25) is 9.59 Å². The lowest BCUT2D eigenvalue weighted by Gasteiger charge is -2.12. The van der Waals surface area contributed by atoms with Gasteiger partial charge in [-0.25, -0.2) is 0 Å². The molecule has 0 atom stereocenters. The zero-order valence-electron chi connectivity index (χ0n) is 11.5. The van der Waals surface area contributed by atoms with Gasteiger partial charge in [0, 0.05) is 11.1 Å². The van der Waals surface area contributed by atoms with E-state index in [1.807, 2.05) is 0 Å². The van der Waals surface area contributed by atoms with Crippen LogP contribution in [0.25, 0.3) is 0 Å². The van der Waals surface area contributed by atoms with Crippen molar-refractivity contribution in [3.63, 3.8) is 0 Å². The fourth-order valence-corrected chi connectivity index (χ4v) is 1.99. The summed E-state index contributed by atoms with van der Waals surface area (Å²) in [6.07, 6.45) is -0.767. The molecule has 0 amide bonds. The molecule has 0 aliphatic rings. The maximum atomic E-state index is 11.2. The summed E-state index contributed by atoms with van der Waals surface area (Å²) in [7, 11) is 0. The predicted octanol–water partition coefficient (Wildman–Crippen LogP) is 3.17. The molecule has 0 saturated carbocycles. The summed E-state index contributed by atoms with van der Waals surface area (Å²) in [6, 6.07) is 13.7. The average Bonchev–Trinajstić information content (AvgIpc) is 2.46. The maximum Gasteiger partial charge on any atom is 0.159 e. The number of carbonyl (C=O) groups excluding carboxylic acids is 2. The van der Waals surface area contributed by atoms with E-state index in [1.54, 1.807) is 48.5 Å². The lowest BCUT2D eigenvalue weighted by atomic mass is 9.98. The van der Waals surface area contributed by atoms with Crippen molar-refractivity contribution in [1.29, 1.82) is 0 Å². The van der Waals surface area contributed by atoms with Crippen LogP contribution >= 0.6 is 0 Å². The van der Waals surface area contributed by atoms with Crippen molar-refractivity contribution in [3.05, 3.63) is 70.8 Å². The van der Waals surface area contributed by atoms with Crippen molar-refractivity contribution in [1.82, 2.24) is 0 Å². The van der Waals surface area contributed by atoms with Crippen molar-refractivity contribution < 1.29 is 14.7 Å². The van der Waals surface area contributed by atoms with Gasteiger partial charge < -0.3 is 5.11 Å². The van der Waals surface area contributed by atoms with Crippen molar-refractivity contribution in [2.45, 2.75) is 20.0 Å². The van der Waals surface area contributed by atoms with Gasteiger partial charge in [0.15, 0.2) is 11.6 Å². The molecule has 0 radical (unpaired) electrons. The van der Waals surface area contributed by atoms with E-state index in [-0.39, 0.29) is 11.6 Å². The van der Waals surface area contributed by atoms with Crippen molar-refractivity contribution >= 4 is 11.6 Å². The number of aliphatic hydroxyl groups excluding tert-OH is 1. The topological polar surface area (TPSA) is 54.4 Å². The Bertz CT molecular complexity index is 567. The van der Waals surface area contributed by atoms with Crippen LogP contribution in [0.3, 0.4) is 0 Å². The van der Waals surface area contributed by atoms with Gasteiger partial charge in [-0.1, -0.05) is 48.5 Å². The van der Waals surface area contributed by atoms with E-state index in [2.05, 4.69) is 0 Å². The molecule has 2 aromatic carbocycles. The molecule has 0 saturated heterocycles. The van der Waals surface area contributed by atoms with E-state index in [0.29, 0.717) is 22.3 Å². The number of Topliss-reactive ketones (excluding diaryl/α,β-unsaturated/α-hetero) is 2. The number of aliphatic hydroxyl groups is 1. The molecule has 20 heavy (non-hydrogen) atoms. The minimum atomic E-state index is -0.767. The predicted molar refractivity (Wildman–Crippen MR) is 77.0 cm³/mol. The number of ketones is 2. The second-order valence-electron chi connectivity index (χ2n) is 4.76. The fourth-order valence-electron chi connectivity index (χ4n) is 1.99. The van der Waals surface area contributed by atoms with Gasteiger partial charge in [-0.15, -0.1) is 0 Å². The van der Waals surface area contributed by atoms with Crippen LogP contribution in [0.5, 0.6) is 0 Å². The Morgan fingerprint density at radius 1 is 0.750 bits per heavy atom. The minimum Gasteiger partial charge on any atom is -0.384 e. The number of hydrogen-bond acceptors (Lipinski definition) is 3. The van der Waals surface area contributed by atoms with Gasteiger partial charge in [-0.2, -0.15) is 0 Å². The van der Waals surface area contributed by atoms with Crippen LogP contribution in [0.1, 0.15) is 51.8 Å². The normalized spacial score (nSPS) is 10.6. The van der Waals surface area contributed by atoms with Gasteiger partial charge in [0.2, 0.25) is 0 Å². The first-order valence-electron chi connectivity index (χ1n) is 6.39. The standard InChI is InChI=1S/C17H16O3/c1-11(18)13-3-7-15(8-4-13)17(20)16-9-5-14(6-10-16)12(2)19/h3-10,17,20H,1-2H3. The van der Waals surface area contributed by atoms with Gasteiger partial charge in [0.1, 0.15) is 6.10 Å². The van der Waals surface area contributed by atoms with Gasteiger partial charge in [0.05, 0.1) is 0 Å². The molecule has 102 valence electrons. The summed E-state index contributed by atoms with van der Waals surface area (Å²) in [5.74, 6) is -0.00583. The SMILES string of the molecule is CC(=O)c1ccc(C(O)c2ccc(C(C)=O)cc2)cc1. The van der Waals surface area contributed by atoms with Gasteiger partial charge in [-0.05, 0) is 25.0 Å². The molecule has 0 bridgehead atoms. The lowest BCUT2D eigenvalue weighted by molar-refractivity contribution is 0.100. The van der Waals surface area contributed by atoms with Crippen LogP contribution in [0.15, 0.2) is 48.5 Å². The highest BCUT2D eigenvalue weighted by Gasteiger charge is 2.11. The third-order valence-electron chi connectivity index (χ3n) is 3.27. The highest BCUT2D eigenvalue weighted by molar-refractivity contribution is 5.94. The molecule has 0 unspecified atom stereocenters. The van der Waals surface area contributed by atoms with E-state index in [4.69, 9.17) is 0 Å². The van der Waals surface area contributed by atoms with Crippen LogP contribution in [-0.2, 0) is 0 Å². The summed E-state index contributed by atoms with van der Waals surface area (Å²) >= 11 is 0. The summed E-state index contributed by atoms with van der Waals surface area (Å²) in [6.45, 7) is 3.01. The Morgan fingerprint density at radius 3 is 1.30 bits per heavy atom. The van der Waals surface area contributed by atoms with E-state index < -0.39 is 6.10 Å². The molecule has 0 aliphatic heterocycles. The molecule has 0 heterocycles. The van der Waals surface area contributed by atoms with Crippen LogP contribution in [0, 0.1) is 0 Å². The summed E-state index contributed by atoms with van der Waals surface area (Å²) in [4.78, 5) is 22.4. The zero-order valence-corrected chi connectivity index (χ0v) is 11.5. The Balaban J connectivity index is 2.24. The largest absolute Gasteiger partial charge is 0.384 e. The van der Waals surface area contributed by atoms with Crippen molar-refractivity contribution in [3.8, 4) is 0 Å². The second-order valence-corrected chi connectivity index (χ2v) is 4.76. The zero-order chi connectivity index (χ0) is 14.7. The second kappa shape index (κ2) is 5.80. The molecule has 0 aromatic heterocycles. The molecule has 1 N–H and O–H groups in total. The van der Waals surface area contributed by atoms with Gasteiger partial charge in [0.25, 0.3) is 0 Å². The Morgan fingerprint density at radius 2 is 1.05 bits per heavy atom. The molecular formula is C17H16O3. The highest BCUT2D eigenvalue weighted by Crippen LogP contribution is 2.22. The third-order valence-corrected chi connectivity index (χ3v) is 3.27.